The Balaban J connectivity index is 1.98. The number of amides is 1. The van der Waals surface area contributed by atoms with Gasteiger partial charge in [0.1, 0.15) is 12.2 Å². The Hall–Kier alpha value is -2.77. The molecule has 4 N–H and O–H groups in total. The van der Waals surface area contributed by atoms with Crippen LogP contribution >= 0.6 is 0 Å². The number of anilines is 1. The number of nitro groups is 1. The Bertz CT molecular complexity index is 806. The number of benzene rings is 2. The molecule has 1 amide bonds. The van der Waals surface area contributed by atoms with Crippen LogP contribution in [0.4, 0.5) is 11.4 Å². The zero-order valence-corrected chi connectivity index (χ0v) is 16.3. The van der Waals surface area contributed by atoms with Crippen molar-refractivity contribution in [1.82, 2.24) is 0 Å². The smallest absolute Gasteiger partial charge is 0.293 e. The summed E-state index contributed by atoms with van der Waals surface area (Å²) in [6.07, 6.45) is 0. The van der Waals surface area contributed by atoms with Crippen LogP contribution in [0.5, 0.6) is 0 Å². The number of quaternary nitrogens is 2. The van der Waals surface area contributed by atoms with E-state index < -0.39 is 4.92 Å². The van der Waals surface area contributed by atoms with E-state index in [1.807, 2.05) is 37.4 Å². The Morgan fingerprint density at radius 3 is 2.41 bits per heavy atom. The van der Waals surface area contributed by atoms with Gasteiger partial charge >= 0.3 is 0 Å². The predicted molar refractivity (Wildman–Crippen MR) is 105 cm³/mol. The van der Waals surface area contributed by atoms with Crippen molar-refractivity contribution in [2.45, 2.75) is 19.9 Å². The van der Waals surface area contributed by atoms with Gasteiger partial charge in [-0.2, -0.15) is 0 Å². The lowest BCUT2D eigenvalue weighted by atomic mass is 10.1. The lowest BCUT2D eigenvalue weighted by molar-refractivity contribution is -0.908. The molecular weight excluding hydrogens is 344 g/mol. The molecule has 144 valence electrons. The maximum atomic E-state index is 12.3. The first-order valence-corrected chi connectivity index (χ1v) is 9.01. The lowest BCUT2D eigenvalue weighted by Gasteiger charge is -2.20. The summed E-state index contributed by atoms with van der Waals surface area (Å²) in [5.74, 6) is -0.248. The zero-order valence-electron chi connectivity index (χ0n) is 16.3. The molecule has 1 atom stereocenters. The van der Waals surface area contributed by atoms with E-state index in [4.69, 9.17) is 0 Å². The molecule has 2 aromatic carbocycles. The number of hydrogen-bond acceptors (Lipinski definition) is 3. The molecule has 0 aliphatic rings. The molecule has 0 radical (unpaired) electrons. The summed E-state index contributed by atoms with van der Waals surface area (Å²) in [6.45, 7) is 4.63. The summed E-state index contributed by atoms with van der Waals surface area (Å²) in [5, 5.41) is 15.9. The normalized spacial score (nSPS) is 12.0. The third-order valence-electron chi connectivity index (χ3n) is 4.71. The Kier molecular flexibility index (Phi) is 7.04. The van der Waals surface area contributed by atoms with Crippen molar-refractivity contribution < 1.29 is 19.9 Å². The monoisotopic (exact) mass is 372 g/mol. The van der Waals surface area contributed by atoms with Crippen molar-refractivity contribution in [2.24, 2.45) is 0 Å². The summed E-state index contributed by atoms with van der Waals surface area (Å²) >= 11 is 0. The van der Waals surface area contributed by atoms with Crippen LogP contribution in [-0.4, -0.2) is 38.0 Å². The van der Waals surface area contributed by atoms with Gasteiger partial charge in [0.25, 0.3) is 11.6 Å². The zero-order chi connectivity index (χ0) is 20.0. The van der Waals surface area contributed by atoms with E-state index in [9.17, 15) is 14.9 Å². The van der Waals surface area contributed by atoms with Crippen LogP contribution in [-0.2, 0) is 4.79 Å². The Morgan fingerprint density at radius 2 is 1.81 bits per heavy atom. The van der Waals surface area contributed by atoms with E-state index >= 15 is 0 Å². The molecule has 0 aliphatic heterocycles. The highest BCUT2D eigenvalue weighted by atomic mass is 16.6. The van der Waals surface area contributed by atoms with E-state index in [0.717, 1.165) is 17.7 Å². The average Bonchev–Trinajstić information content (AvgIpc) is 2.61. The number of nitrogens with one attached hydrogen (secondary N) is 2. The van der Waals surface area contributed by atoms with Crippen LogP contribution in [0.3, 0.4) is 0 Å². The van der Waals surface area contributed by atoms with Crippen molar-refractivity contribution in [3.8, 4) is 0 Å². The SMILES string of the molecule is Cc1cc(NC(=O)C[NH2+]C[C@@H](c2ccccc2)[NH+](C)C)c([N+](=O)[O-])cc1C. The molecule has 2 rings (SSSR count). The predicted octanol–water partition coefficient (Wildman–Crippen LogP) is 0.599. The average molecular weight is 372 g/mol. The van der Waals surface area contributed by atoms with Crippen LogP contribution in [0.1, 0.15) is 22.7 Å². The van der Waals surface area contributed by atoms with Crippen molar-refractivity contribution in [2.75, 3.05) is 32.5 Å². The van der Waals surface area contributed by atoms with Crippen LogP contribution in [0.15, 0.2) is 42.5 Å². The number of nitro benzene ring substituents is 1. The molecule has 0 aromatic heterocycles. The molecular formula is C20H28N4O3+2. The first-order valence-electron chi connectivity index (χ1n) is 9.01. The number of aryl methyl sites for hydroxylation is 2. The number of nitrogens with zero attached hydrogens (tertiary/aromatic N) is 1. The minimum atomic E-state index is -0.466. The molecule has 7 heteroatoms. The molecule has 0 spiro atoms. The quantitative estimate of drug-likeness (QED) is 0.468. The summed E-state index contributed by atoms with van der Waals surface area (Å²) in [7, 11) is 4.17. The van der Waals surface area contributed by atoms with Gasteiger partial charge in [0.15, 0.2) is 12.6 Å². The maximum absolute atomic E-state index is 12.3. The van der Waals surface area contributed by atoms with E-state index in [2.05, 4.69) is 31.5 Å². The van der Waals surface area contributed by atoms with Gasteiger partial charge in [0, 0.05) is 11.6 Å². The summed E-state index contributed by atoms with van der Waals surface area (Å²) in [5.41, 5.74) is 3.12. The Labute approximate surface area is 159 Å². The second kappa shape index (κ2) is 9.25. The molecule has 0 heterocycles. The maximum Gasteiger partial charge on any atom is 0.293 e. The molecule has 0 fully saturated rings. The molecule has 0 aliphatic carbocycles. The topological polar surface area (TPSA) is 93.3 Å². The van der Waals surface area contributed by atoms with E-state index in [0.29, 0.717) is 0 Å². The van der Waals surface area contributed by atoms with Gasteiger partial charge in [-0.05, 0) is 31.0 Å². The largest absolute Gasteiger partial charge is 0.333 e. The van der Waals surface area contributed by atoms with Gasteiger partial charge in [-0.25, -0.2) is 0 Å². The van der Waals surface area contributed by atoms with Gasteiger partial charge in [0.2, 0.25) is 0 Å². The second-order valence-electron chi connectivity index (χ2n) is 7.03. The number of carbonyl (C=O) groups excluding carboxylic acids is 1. The number of carbonyl (C=O) groups is 1. The molecule has 0 saturated carbocycles. The first kappa shape index (κ1) is 20.5. The van der Waals surface area contributed by atoms with Crippen LogP contribution < -0.4 is 15.5 Å². The van der Waals surface area contributed by atoms with Crippen molar-refractivity contribution in [3.63, 3.8) is 0 Å². The van der Waals surface area contributed by atoms with Crippen LogP contribution in [0.2, 0.25) is 0 Å². The van der Waals surface area contributed by atoms with Crippen molar-refractivity contribution in [3.05, 3.63) is 69.3 Å². The highest BCUT2D eigenvalue weighted by Gasteiger charge is 2.21. The van der Waals surface area contributed by atoms with E-state index in [-0.39, 0.29) is 29.9 Å². The summed E-state index contributed by atoms with van der Waals surface area (Å²) in [6, 6.07) is 13.6. The first-order chi connectivity index (χ1) is 12.8. The van der Waals surface area contributed by atoms with Crippen LogP contribution in [0, 0.1) is 24.0 Å². The molecule has 7 nitrogen and oxygen atoms in total. The molecule has 27 heavy (non-hydrogen) atoms. The van der Waals surface area contributed by atoms with E-state index in [1.165, 1.54) is 16.5 Å². The summed E-state index contributed by atoms with van der Waals surface area (Å²) < 4.78 is 0. The molecule has 0 bridgehead atoms. The molecule has 0 saturated heterocycles. The Morgan fingerprint density at radius 1 is 1.19 bits per heavy atom. The molecule has 0 unspecified atom stereocenters. The van der Waals surface area contributed by atoms with Crippen LogP contribution in [0.25, 0.3) is 0 Å². The third-order valence-corrected chi connectivity index (χ3v) is 4.71. The van der Waals surface area contributed by atoms with Gasteiger partial charge in [-0.15, -0.1) is 0 Å². The third kappa shape index (κ3) is 5.60. The fraction of sp³-hybridized carbons (Fsp3) is 0.350. The van der Waals surface area contributed by atoms with Crippen molar-refractivity contribution >= 4 is 17.3 Å². The number of hydrogen-bond donors (Lipinski definition) is 3. The highest BCUT2D eigenvalue weighted by molar-refractivity contribution is 5.93. The lowest BCUT2D eigenvalue weighted by Crippen LogP contribution is -3.09. The highest BCUT2D eigenvalue weighted by Crippen LogP contribution is 2.27. The number of nitrogens with two attached hydrogens (primary N) is 1. The fourth-order valence-electron chi connectivity index (χ4n) is 3.02. The van der Waals surface area contributed by atoms with Crippen molar-refractivity contribution in [1.29, 1.82) is 0 Å². The van der Waals surface area contributed by atoms with E-state index in [1.54, 1.807) is 6.07 Å². The number of likely N-dealkylation sites (N-methyl/N-ethyl adjacent to an activating group) is 1. The standard InChI is InChI=1S/C20H26N4O3/c1-14-10-17(18(24(26)27)11-15(14)2)22-20(25)13-21-12-19(23(3)4)16-8-6-5-7-9-16/h5-11,19,21H,12-13H2,1-4H3,(H,22,25)/p+2/t19-/m0/s1. The molecule has 2 aromatic rings. The number of rotatable bonds is 8. The van der Waals surface area contributed by atoms with Gasteiger partial charge in [-0.1, -0.05) is 30.3 Å². The van der Waals surface area contributed by atoms with Gasteiger partial charge in [0.05, 0.1) is 19.0 Å². The minimum Gasteiger partial charge on any atom is -0.333 e. The minimum absolute atomic E-state index is 0.0775. The fourth-order valence-corrected chi connectivity index (χ4v) is 3.02. The second-order valence-corrected chi connectivity index (χ2v) is 7.03. The van der Waals surface area contributed by atoms with Gasteiger partial charge in [-0.3, -0.25) is 14.9 Å². The summed E-state index contributed by atoms with van der Waals surface area (Å²) in [4.78, 5) is 24.4. The van der Waals surface area contributed by atoms with Gasteiger partial charge < -0.3 is 15.5 Å².